The van der Waals surface area contributed by atoms with E-state index in [2.05, 4.69) is 0 Å². The first-order valence-electron chi connectivity index (χ1n) is 5.06. The van der Waals surface area contributed by atoms with Crippen LogP contribution in [0.15, 0.2) is 0 Å². The Morgan fingerprint density at radius 3 is 2.20 bits per heavy atom. The van der Waals surface area contributed by atoms with Gasteiger partial charge in [0.15, 0.2) is 0 Å². The van der Waals surface area contributed by atoms with E-state index in [0.29, 0.717) is 0 Å². The molecule has 0 fully saturated rings. The van der Waals surface area contributed by atoms with E-state index in [1.807, 2.05) is 33.8 Å². The van der Waals surface area contributed by atoms with Crippen molar-refractivity contribution in [3.63, 3.8) is 0 Å². The first kappa shape index (κ1) is 15.1. The summed E-state index contributed by atoms with van der Waals surface area (Å²) in [5, 5.41) is 10.1. The zero-order valence-electron chi connectivity index (χ0n) is 9.70. The predicted octanol–water partition coefficient (Wildman–Crippen LogP) is 2.68. The standard InChI is InChI=1S/C9H20ClN2O2P/c1-8(2)12(9(3)4)14-15(10,13)7-5-6-11/h8-9,13,15H,5,7H2,1-4H3. The van der Waals surface area contributed by atoms with Gasteiger partial charge in [-0.2, -0.15) is 0 Å². The van der Waals surface area contributed by atoms with Crippen LogP contribution in [0.1, 0.15) is 34.1 Å². The van der Waals surface area contributed by atoms with Crippen molar-refractivity contribution in [1.82, 2.24) is 5.06 Å². The molecule has 0 saturated carbocycles. The number of hydrogen-bond donors (Lipinski definition) is 1. The SMILES string of the molecule is CC(C)N(O[PH](O)(Cl)CCC#N)C(C)C. The van der Waals surface area contributed by atoms with Crippen molar-refractivity contribution >= 4 is 18.3 Å². The van der Waals surface area contributed by atoms with E-state index in [9.17, 15) is 4.89 Å². The minimum absolute atomic E-state index is 0.143. The van der Waals surface area contributed by atoms with Crippen molar-refractivity contribution in [3.05, 3.63) is 0 Å². The predicted molar refractivity (Wildman–Crippen MR) is 64.7 cm³/mol. The van der Waals surface area contributed by atoms with Gasteiger partial charge in [0.25, 0.3) is 0 Å². The molecule has 6 heteroatoms. The van der Waals surface area contributed by atoms with Crippen molar-refractivity contribution in [3.8, 4) is 6.07 Å². The first-order valence-corrected chi connectivity index (χ1v) is 8.13. The molecular formula is C9H20ClN2O2P. The summed E-state index contributed by atoms with van der Waals surface area (Å²) in [5.74, 6) is 0. The zero-order chi connectivity index (χ0) is 12.1. The van der Waals surface area contributed by atoms with Crippen LogP contribution in [0.5, 0.6) is 0 Å². The van der Waals surface area contributed by atoms with Gasteiger partial charge in [-0.1, -0.05) is 0 Å². The van der Waals surface area contributed by atoms with Crippen LogP contribution in [0.4, 0.5) is 0 Å². The van der Waals surface area contributed by atoms with Crippen LogP contribution in [0, 0.1) is 11.3 Å². The molecule has 0 unspecified atom stereocenters. The summed E-state index contributed by atoms with van der Waals surface area (Å²) in [6.45, 7) is 7.86. The third kappa shape index (κ3) is 6.29. The second-order valence-electron chi connectivity index (χ2n) is 3.99. The van der Waals surface area contributed by atoms with Gasteiger partial charge >= 0.3 is 96.6 Å². The van der Waals surface area contributed by atoms with Gasteiger partial charge in [0.05, 0.1) is 0 Å². The summed E-state index contributed by atoms with van der Waals surface area (Å²) in [7, 11) is -3.24. The molecule has 0 amide bonds. The van der Waals surface area contributed by atoms with E-state index in [1.54, 1.807) is 5.06 Å². The Morgan fingerprint density at radius 2 is 1.87 bits per heavy atom. The van der Waals surface area contributed by atoms with Crippen LogP contribution < -0.4 is 0 Å². The number of nitriles is 1. The van der Waals surface area contributed by atoms with Crippen LogP contribution in [0.3, 0.4) is 0 Å². The molecule has 0 saturated heterocycles. The average molecular weight is 255 g/mol. The van der Waals surface area contributed by atoms with E-state index in [0.717, 1.165) is 0 Å². The van der Waals surface area contributed by atoms with Crippen molar-refractivity contribution in [1.29, 1.82) is 5.26 Å². The van der Waals surface area contributed by atoms with Crippen molar-refractivity contribution < 1.29 is 9.52 Å². The molecule has 4 nitrogen and oxygen atoms in total. The molecule has 0 radical (unpaired) electrons. The van der Waals surface area contributed by atoms with E-state index in [1.165, 1.54) is 0 Å². The number of hydrogen-bond acceptors (Lipinski definition) is 4. The fraction of sp³-hybridized carbons (Fsp3) is 0.889. The summed E-state index contributed by atoms with van der Waals surface area (Å²) >= 11 is 5.88. The van der Waals surface area contributed by atoms with Gasteiger partial charge in [-0.25, -0.2) is 0 Å². The quantitative estimate of drug-likeness (QED) is 0.585. The van der Waals surface area contributed by atoms with Crippen LogP contribution in [-0.2, 0) is 4.62 Å². The Labute approximate surface area is 97.0 Å². The summed E-state index contributed by atoms with van der Waals surface area (Å²) in [5.41, 5.74) is 0. The molecule has 0 aliphatic heterocycles. The Kier molecular flexibility index (Phi) is 6.66. The molecule has 0 heterocycles. The summed E-state index contributed by atoms with van der Waals surface area (Å²) in [6.07, 6.45) is 0.442. The zero-order valence-corrected chi connectivity index (χ0v) is 11.5. The van der Waals surface area contributed by atoms with Gasteiger partial charge in [0, 0.05) is 0 Å². The minimum atomic E-state index is -3.24. The molecule has 90 valence electrons. The Balaban J connectivity index is 4.33. The second-order valence-corrected chi connectivity index (χ2v) is 7.82. The van der Waals surface area contributed by atoms with Gasteiger partial charge in [-0.3, -0.25) is 0 Å². The third-order valence-electron chi connectivity index (χ3n) is 1.81. The molecule has 0 bridgehead atoms. The van der Waals surface area contributed by atoms with Crippen LogP contribution in [0.2, 0.25) is 0 Å². The number of rotatable bonds is 6. The number of halogens is 1. The van der Waals surface area contributed by atoms with Gasteiger partial charge in [0.2, 0.25) is 0 Å². The second kappa shape index (κ2) is 6.62. The fourth-order valence-electron chi connectivity index (χ4n) is 1.22. The van der Waals surface area contributed by atoms with Gasteiger partial charge < -0.3 is 0 Å². The summed E-state index contributed by atoms with van der Waals surface area (Å²) in [6, 6.07) is 2.23. The maximum atomic E-state index is 9.80. The first-order chi connectivity index (χ1) is 6.80. The Bertz CT molecular complexity index is 221. The normalized spacial score (nSPS) is 13.6. The number of hydroxylamine groups is 2. The van der Waals surface area contributed by atoms with Crippen molar-refractivity contribution in [2.75, 3.05) is 6.16 Å². The molecule has 0 aliphatic rings. The monoisotopic (exact) mass is 254 g/mol. The van der Waals surface area contributed by atoms with Gasteiger partial charge in [-0.05, 0) is 0 Å². The average Bonchev–Trinajstić information content (AvgIpc) is 2.10. The topological polar surface area (TPSA) is 56.5 Å². The maximum absolute atomic E-state index is 9.80. The van der Waals surface area contributed by atoms with E-state index in [4.69, 9.17) is 21.1 Å². The molecule has 0 aliphatic carbocycles. The molecule has 0 atom stereocenters. The molecule has 0 rings (SSSR count). The Hall–Kier alpha value is 0.0900. The molecule has 0 aromatic carbocycles. The Morgan fingerprint density at radius 1 is 1.40 bits per heavy atom. The van der Waals surface area contributed by atoms with Gasteiger partial charge in [-0.15, -0.1) is 0 Å². The molecule has 15 heavy (non-hydrogen) atoms. The fourth-order valence-corrected chi connectivity index (χ4v) is 3.00. The van der Waals surface area contributed by atoms with Gasteiger partial charge in [0.1, 0.15) is 0 Å². The van der Waals surface area contributed by atoms with Crippen LogP contribution in [-0.4, -0.2) is 28.2 Å². The van der Waals surface area contributed by atoms with Crippen LogP contribution in [0.25, 0.3) is 0 Å². The molecule has 0 aromatic rings. The van der Waals surface area contributed by atoms with Crippen LogP contribution >= 0.6 is 18.3 Å². The molecular weight excluding hydrogens is 235 g/mol. The molecule has 0 spiro atoms. The van der Waals surface area contributed by atoms with E-state index < -0.39 is 7.07 Å². The summed E-state index contributed by atoms with van der Waals surface area (Å²) < 4.78 is 5.40. The number of nitrogens with zero attached hydrogens (tertiary/aromatic N) is 2. The van der Waals surface area contributed by atoms with E-state index >= 15 is 0 Å². The van der Waals surface area contributed by atoms with Crippen molar-refractivity contribution in [2.24, 2.45) is 0 Å². The van der Waals surface area contributed by atoms with E-state index in [-0.39, 0.29) is 24.7 Å². The molecule has 0 aromatic heterocycles. The third-order valence-corrected chi connectivity index (χ3v) is 3.94. The molecule has 1 N–H and O–H groups in total. The van der Waals surface area contributed by atoms with Crippen molar-refractivity contribution in [2.45, 2.75) is 46.2 Å². The summed E-state index contributed by atoms with van der Waals surface area (Å²) in [4.78, 5) is 9.80.